The second-order valence-electron chi connectivity index (χ2n) is 4.04. The van der Waals surface area contributed by atoms with Crippen molar-refractivity contribution < 1.29 is 4.79 Å². The molecule has 1 amide bonds. The molecular weight excluding hydrogens is 320 g/mol. The van der Waals surface area contributed by atoms with Gasteiger partial charge >= 0.3 is 0 Å². The maximum atomic E-state index is 12.4. The van der Waals surface area contributed by atoms with Gasteiger partial charge in [-0.05, 0) is 34.1 Å². The number of carbonyl (C=O) groups is 1. The largest absolute Gasteiger partial charge is 0.321 e. The van der Waals surface area contributed by atoms with E-state index in [4.69, 9.17) is 0 Å². The lowest BCUT2D eigenvalue weighted by Crippen LogP contribution is -2.13. The minimum Gasteiger partial charge on any atom is -0.321 e. The quantitative estimate of drug-likeness (QED) is 0.785. The van der Waals surface area contributed by atoms with E-state index >= 15 is 0 Å². The van der Waals surface area contributed by atoms with Gasteiger partial charge in [-0.1, -0.05) is 6.07 Å². The van der Waals surface area contributed by atoms with Gasteiger partial charge in [0.25, 0.3) is 5.91 Å². The van der Waals surface area contributed by atoms with E-state index in [2.05, 4.69) is 36.2 Å². The van der Waals surface area contributed by atoms with Crippen molar-refractivity contribution in [2.75, 3.05) is 5.32 Å². The van der Waals surface area contributed by atoms with Crippen molar-refractivity contribution in [2.24, 2.45) is 0 Å². The Bertz CT molecular complexity index is 785. The molecule has 3 rings (SSSR count). The topological polar surface area (TPSA) is 67.8 Å². The van der Waals surface area contributed by atoms with Gasteiger partial charge in [0.2, 0.25) is 0 Å². The summed E-state index contributed by atoms with van der Waals surface area (Å²) in [5.41, 5.74) is 2.41. The average molecular weight is 329 g/mol. The molecule has 98 valence electrons. The highest BCUT2D eigenvalue weighted by Gasteiger charge is 2.12. The van der Waals surface area contributed by atoms with Crippen molar-refractivity contribution >= 4 is 38.6 Å². The SMILES string of the molecule is O=C(Nc1ccncc1Br)c1cccc2nccnc12. The number of anilines is 1. The van der Waals surface area contributed by atoms with Crippen molar-refractivity contribution in [2.45, 2.75) is 0 Å². The Morgan fingerprint density at radius 2 is 1.95 bits per heavy atom. The van der Waals surface area contributed by atoms with Crippen molar-refractivity contribution in [3.05, 3.63) is 59.1 Å². The lowest BCUT2D eigenvalue weighted by Gasteiger charge is -2.08. The minimum atomic E-state index is -0.233. The van der Waals surface area contributed by atoms with Crippen LogP contribution in [-0.4, -0.2) is 20.9 Å². The highest BCUT2D eigenvalue weighted by atomic mass is 79.9. The molecule has 0 aliphatic carbocycles. The molecule has 1 N–H and O–H groups in total. The second kappa shape index (κ2) is 5.34. The third-order valence-electron chi connectivity index (χ3n) is 2.76. The van der Waals surface area contributed by atoms with Crippen LogP contribution in [0.15, 0.2) is 53.5 Å². The molecule has 0 fully saturated rings. The van der Waals surface area contributed by atoms with Crippen molar-refractivity contribution in [1.29, 1.82) is 0 Å². The van der Waals surface area contributed by atoms with Gasteiger partial charge in [-0.25, -0.2) is 0 Å². The van der Waals surface area contributed by atoms with E-state index in [1.54, 1.807) is 43.0 Å². The molecule has 0 spiro atoms. The summed E-state index contributed by atoms with van der Waals surface area (Å²) in [6, 6.07) is 7.05. The van der Waals surface area contributed by atoms with Crippen LogP contribution in [-0.2, 0) is 0 Å². The lowest BCUT2D eigenvalue weighted by molar-refractivity contribution is 0.102. The van der Waals surface area contributed by atoms with Crippen LogP contribution in [0.4, 0.5) is 5.69 Å². The first-order chi connectivity index (χ1) is 9.75. The Labute approximate surface area is 123 Å². The van der Waals surface area contributed by atoms with Crippen molar-refractivity contribution in [3.63, 3.8) is 0 Å². The summed E-state index contributed by atoms with van der Waals surface area (Å²) in [4.78, 5) is 24.7. The number of fused-ring (bicyclic) bond motifs is 1. The molecule has 0 atom stereocenters. The highest BCUT2D eigenvalue weighted by Crippen LogP contribution is 2.22. The van der Waals surface area contributed by atoms with E-state index < -0.39 is 0 Å². The summed E-state index contributed by atoms with van der Waals surface area (Å²) >= 11 is 3.34. The van der Waals surface area contributed by atoms with Gasteiger partial charge in [0.1, 0.15) is 5.52 Å². The van der Waals surface area contributed by atoms with Gasteiger partial charge in [0.15, 0.2) is 0 Å². The molecule has 0 radical (unpaired) electrons. The number of nitrogens with zero attached hydrogens (tertiary/aromatic N) is 3. The van der Waals surface area contributed by atoms with Gasteiger partial charge in [0, 0.05) is 24.8 Å². The summed E-state index contributed by atoms with van der Waals surface area (Å²) in [6.07, 6.45) is 6.41. The van der Waals surface area contributed by atoms with Gasteiger partial charge in [0.05, 0.1) is 21.2 Å². The van der Waals surface area contributed by atoms with Gasteiger partial charge in [-0.2, -0.15) is 0 Å². The summed E-state index contributed by atoms with van der Waals surface area (Å²) in [6.45, 7) is 0. The van der Waals surface area contributed by atoms with E-state index in [9.17, 15) is 4.79 Å². The summed E-state index contributed by atoms with van der Waals surface area (Å²) in [5.74, 6) is -0.233. The third kappa shape index (κ3) is 2.37. The average Bonchev–Trinajstić information content (AvgIpc) is 2.49. The number of amides is 1. The molecule has 6 heteroatoms. The molecule has 0 saturated heterocycles. The zero-order valence-corrected chi connectivity index (χ0v) is 11.8. The smallest absolute Gasteiger partial charge is 0.257 e. The zero-order chi connectivity index (χ0) is 13.9. The van der Waals surface area contributed by atoms with Crippen LogP contribution in [0.25, 0.3) is 11.0 Å². The van der Waals surface area contributed by atoms with Gasteiger partial charge < -0.3 is 5.32 Å². The van der Waals surface area contributed by atoms with Crippen molar-refractivity contribution in [3.8, 4) is 0 Å². The molecule has 20 heavy (non-hydrogen) atoms. The molecule has 0 aliphatic heterocycles. The molecule has 1 aromatic carbocycles. The predicted octanol–water partition coefficient (Wildman–Crippen LogP) is 3.04. The number of hydrogen-bond donors (Lipinski definition) is 1. The molecule has 0 bridgehead atoms. The Balaban J connectivity index is 1.99. The number of hydrogen-bond acceptors (Lipinski definition) is 4. The monoisotopic (exact) mass is 328 g/mol. The molecule has 3 aromatic rings. The van der Waals surface area contributed by atoms with Crippen LogP contribution in [0.3, 0.4) is 0 Å². The first-order valence-corrected chi connectivity index (χ1v) is 6.65. The maximum Gasteiger partial charge on any atom is 0.257 e. The Kier molecular flexibility index (Phi) is 3.39. The third-order valence-corrected chi connectivity index (χ3v) is 3.40. The number of benzene rings is 1. The van der Waals surface area contributed by atoms with E-state index in [1.807, 2.05) is 6.07 Å². The van der Waals surface area contributed by atoms with E-state index in [-0.39, 0.29) is 5.91 Å². The summed E-state index contributed by atoms with van der Waals surface area (Å²) < 4.78 is 0.722. The molecule has 2 aromatic heterocycles. The molecule has 5 nitrogen and oxygen atoms in total. The Hall–Kier alpha value is -2.34. The number of carbonyl (C=O) groups excluding carboxylic acids is 1. The van der Waals surface area contributed by atoms with Crippen LogP contribution < -0.4 is 5.32 Å². The standard InChI is InChI=1S/C14H9BrN4O/c15-10-8-16-5-4-11(10)19-14(20)9-2-1-3-12-13(9)18-7-6-17-12/h1-8H,(H,16,19,20). The van der Waals surface area contributed by atoms with Crippen molar-refractivity contribution in [1.82, 2.24) is 15.0 Å². The molecular formula is C14H9BrN4O. The fourth-order valence-electron chi connectivity index (χ4n) is 1.84. The number of aromatic nitrogens is 3. The number of para-hydroxylation sites is 1. The number of halogens is 1. The molecule has 0 unspecified atom stereocenters. The Morgan fingerprint density at radius 1 is 1.10 bits per heavy atom. The summed E-state index contributed by atoms with van der Waals surface area (Å²) in [7, 11) is 0. The zero-order valence-electron chi connectivity index (χ0n) is 10.2. The minimum absolute atomic E-state index is 0.233. The lowest BCUT2D eigenvalue weighted by atomic mass is 10.1. The van der Waals surface area contributed by atoms with E-state index in [1.165, 1.54) is 0 Å². The van der Waals surface area contributed by atoms with Crippen LogP contribution in [0, 0.1) is 0 Å². The molecule has 0 aliphatic rings. The fourth-order valence-corrected chi connectivity index (χ4v) is 2.19. The maximum absolute atomic E-state index is 12.4. The van der Waals surface area contributed by atoms with Gasteiger partial charge in [-0.3, -0.25) is 19.7 Å². The van der Waals surface area contributed by atoms with Crippen LogP contribution in [0.1, 0.15) is 10.4 Å². The van der Waals surface area contributed by atoms with Crippen LogP contribution in [0.2, 0.25) is 0 Å². The predicted molar refractivity (Wildman–Crippen MR) is 79.4 cm³/mol. The van der Waals surface area contributed by atoms with Gasteiger partial charge in [-0.15, -0.1) is 0 Å². The van der Waals surface area contributed by atoms with E-state index in [0.29, 0.717) is 22.3 Å². The normalized spacial score (nSPS) is 10.4. The fraction of sp³-hybridized carbons (Fsp3) is 0. The highest BCUT2D eigenvalue weighted by molar-refractivity contribution is 9.10. The first kappa shape index (κ1) is 12.7. The Morgan fingerprint density at radius 3 is 2.80 bits per heavy atom. The molecule has 0 saturated carbocycles. The van der Waals surface area contributed by atoms with Crippen LogP contribution in [0.5, 0.6) is 0 Å². The molecule has 2 heterocycles. The number of nitrogens with one attached hydrogen (secondary N) is 1. The number of rotatable bonds is 2. The second-order valence-corrected chi connectivity index (χ2v) is 4.89. The first-order valence-electron chi connectivity index (χ1n) is 5.86. The summed E-state index contributed by atoms with van der Waals surface area (Å²) in [5, 5.41) is 2.83. The van der Waals surface area contributed by atoms with Crippen LogP contribution >= 0.6 is 15.9 Å². The number of pyridine rings is 1. The van der Waals surface area contributed by atoms with E-state index in [0.717, 1.165) is 4.47 Å².